The highest BCUT2D eigenvalue weighted by Gasteiger charge is 2.06. The lowest BCUT2D eigenvalue weighted by Crippen LogP contribution is -2.37. The summed E-state index contributed by atoms with van der Waals surface area (Å²) in [6, 6.07) is 5.64. The lowest BCUT2D eigenvalue weighted by molar-refractivity contribution is 0.162. The van der Waals surface area contributed by atoms with Crippen molar-refractivity contribution in [3.8, 4) is 11.5 Å². The monoisotopic (exact) mass is 324 g/mol. The maximum Gasteiger partial charge on any atom is 0.195 e. The van der Waals surface area contributed by atoms with Crippen LogP contribution in [0, 0.1) is 0 Å². The molecule has 130 valence electrons. The van der Waals surface area contributed by atoms with Gasteiger partial charge in [-0.3, -0.25) is 4.99 Å². The fourth-order valence-electron chi connectivity index (χ4n) is 1.95. The van der Waals surface area contributed by atoms with Gasteiger partial charge < -0.3 is 29.7 Å². The molecule has 0 fully saturated rings. The third-order valence-corrected chi connectivity index (χ3v) is 3.33. The van der Waals surface area contributed by atoms with Crippen LogP contribution in [-0.2, 0) is 4.74 Å². The molecule has 1 aromatic rings. The van der Waals surface area contributed by atoms with Crippen LogP contribution in [-0.4, -0.2) is 72.5 Å². The molecule has 1 rings (SSSR count). The fourth-order valence-corrected chi connectivity index (χ4v) is 1.95. The van der Waals surface area contributed by atoms with Gasteiger partial charge in [0.05, 0.1) is 20.8 Å². The first-order chi connectivity index (χ1) is 11.1. The molecule has 0 amide bonds. The van der Waals surface area contributed by atoms with E-state index in [1.807, 2.05) is 18.2 Å². The summed E-state index contributed by atoms with van der Waals surface area (Å²) in [6.07, 6.45) is 0. The van der Waals surface area contributed by atoms with Gasteiger partial charge in [-0.05, 0) is 19.2 Å². The van der Waals surface area contributed by atoms with E-state index < -0.39 is 0 Å². The number of guanidine groups is 1. The maximum absolute atomic E-state index is 5.30. The Morgan fingerprint density at radius 2 is 1.87 bits per heavy atom. The Hall–Kier alpha value is -1.99. The van der Waals surface area contributed by atoms with Crippen LogP contribution in [0.4, 0.5) is 5.69 Å². The molecule has 0 saturated heterocycles. The molecular weight excluding hydrogens is 296 g/mol. The Morgan fingerprint density at radius 3 is 2.48 bits per heavy atom. The predicted octanol–water partition coefficient (Wildman–Crippen LogP) is 1.27. The van der Waals surface area contributed by atoms with E-state index in [0.29, 0.717) is 17.5 Å². The summed E-state index contributed by atoms with van der Waals surface area (Å²) < 4.78 is 15.6. The molecule has 0 aliphatic rings. The third-order valence-electron chi connectivity index (χ3n) is 3.33. The number of hydrogen-bond acceptors (Lipinski definition) is 5. The average Bonchev–Trinajstić information content (AvgIpc) is 2.58. The minimum atomic E-state index is 0.673. The molecule has 0 aliphatic carbocycles. The molecule has 0 heterocycles. The lowest BCUT2D eigenvalue weighted by atomic mass is 10.3. The highest BCUT2D eigenvalue weighted by molar-refractivity contribution is 5.93. The molecule has 0 saturated carbocycles. The van der Waals surface area contributed by atoms with E-state index in [1.165, 1.54) is 0 Å². The normalized spacial score (nSPS) is 11.5. The number of methoxy groups -OCH3 is 3. The summed E-state index contributed by atoms with van der Waals surface area (Å²) in [6.45, 7) is 3.32. The molecule has 0 aromatic heterocycles. The van der Waals surface area contributed by atoms with Gasteiger partial charge in [-0.1, -0.05) is 0 Å². The Bertz CT molecular complexity index is 494. The molecule has 0 spiro atoms. The van der Waals surface area contributed by atoms with Crippen molar-refractivity contribution in [2.45, 2.75) is 0 Å². The molecule has 0 bridgehead atoms. The number of anilines is 1. The number of ether oxygens (including phenoxy) is 3. The fraction of sp³-hybridized carbons (Fsp3) is 0.562. The first-order valence-corrected chi connectivity index (χ1v) is 7.51. The molecule has 2 N–H and O–H groups in total. The van der Waals surface area contributed by atoms with Gasteiger partial charge in [-0.15, -0.1) is 0 Å². The summed E-state index contributed by atoms with van der Waals surface area (Å²) in [5.74, 6) is 2.07. The van der Waals surface area contributed by atoms with Gasteiger partial charge in [0.15, 0.2) is 17.5 Å². The number of hydrogen-bond donors (Lipinski definition) is 2. The number of rotatable bonds is 9. The van der Waals surface area contributed by atoms with Gasteiger partial charge in [0.2, 0.25) is 0 Å². The van der Waals surface area contributed by atoms with Crippen molar-refractivity contribution in [3.05, 3.63) is 18.2 Å². The van der Waals surface area contributed by atoms with Crippen LogP contribution in [0.25, 0.3) is 0 Å². The van der Waals surface area contributed by atoms with Crippen LogP contribution in [0.1, 0.15) is 0 Å². The zero-order valence-corrected chi connectivity index (χ0v) is 14.7. The second-order valence-corrected chi connectivity index (χ2v) is 4.99. The van der Waals surface area contributed by atoms with Crippen molar-refractivity contribution < 1.29 is 14.2 Å². The van der Waals surface area contributed by atoms with E-state index in [4.69, 9.17) is 14.2 Å². The van der Waals surface area contributed by atoms with Crippen LogP contribution in [0.15, 0.2) is 23.2 Å². The van der Waals surface area contributed by atoms with E-state index in [0.717, 1.165) is 31.9 Å². The Balaban J connectivity index is 2.50. The summed E-state index contributed by atoms with van der Waals surface area (Å²) in [7, 11) is 8.74. The van der Waals surface area contributed by atoms with E-state index in [1.54, 1.807) is 28.4 Å². The molecule has 7 heteroatoms. The van der Waals surface area contributed by atoms with Gasteiger partial charge in [0.25, 0.3) is 0 Å². The van der Waals surface area contributed by atoms with Crippen LogP contribution >= 0.6 is 0 Å². The summed E-state index contributed by atoms with van der Waals surface area (Å²) >= 11 is 0. The van der Waals surface area contributed by atoms with Crippen LogP contribution in [0.3, 0.4) is 0 Å². The molecule has 7 nitrogen and oxygen atoms in total. The molecule has 1 aromatic carbocycles. The van der Waals surface area contributed by atoms with Crippen molar-refractivity contribution in [1.29, 1.82) is 0 Å². The first-order valence-electron chi connectivity index (χ1n) is 7.51. The largest absolute Gasteiger partial charge is 0.493 e. The summed E-state index contributed by atoms with van der Waals surface area (Å²) in [5, 5.41) is 6.51. The lowest BCUT2D eigenvalue weighted by Gasteiger charge is -2.18. The SMILES string of the molecule is CN=C(NCCN(C)CCOC)Nc1ccc(OC)c(OC)c1. The zero-order chi connectivity index (χ0) is 17.1. The van der Waals surface area contributed by atoms with Gasteiger partial charge in [0.1, 0.15) is 0 Å². The molecule has 0 radical (unpaired) electrons. The van der Waals surface area contributed by atoms with Crippen molar-refractivity contribution >= 4 is 11.6 Å². The Kier molecular flexibility index (Phi) is 8.86. The van der Waals surface area contributed by atoms with Crippen LogP contribution in [0.2, 0.25) is 0 Å². The number of nitrogens with zero attached hydrogens (tertiary/aromatic N) is 2. The van der Waals surface area contributed by atoms with Gasteiger partial charge in [-0.2, -0.15) is 0 Å². The summed E-state index contributed by atoms with van der Waals surface area (Å²) in [5.41, 5.74) is 0.878. The van der Waals surface area contributed by atoms with Crippen LogP contribution < -0.4 is 20.1 Å². The Morgan fingerprint density at radius 1 is 1.13 bits per heavy atom. The molecular formula is C16H28N4O3. The van der Waals surface area contributed by atoms with Crippen molar-refractivity contribution in [2.75, 3.05) is 67.0 Å². The van der Waals surface area contributed by atoms with Crippen molar-refractivity contribution in [3.63, 3.8) is 0 Å². The number of nitrogens with one attached hydrogen (secondary N) is 2. The average molecular weight is 324 g/mol. The van der Waals surface area contributed by atoms with Gasteiger partial charge in [-0.25, -0.2) is 0 Å². The van der Waals surface area contributed by atoms with Gasteiger partial charge in [0, 0.05) is 45.5 Å². The minimum absolute atomic E-state index is 0.673. The topological polar surface area (TPSA) is 67.4 Å². The van der Waals surface area contributed by atoms with E-state index in [-0.39, 0.29) is 0 Å². The molecule has 0 aliphatic heterocycles. The second kappa shape index (κ2) is 10.7. The summed E-state index contributed by atoms with van der Waals surface area (Å²) in [4.78, 5) is 6.41. The standard InChI is InChI=1S/C16H28N4O3/c1-17-16(18-8-9-20(2)10-11-21-3)19-13-6-7-14(22-4)15(12-13)23-5/h6-7,12H,8-11H2,1-5H3,(H2,17,18,19). The zero-order valence-electron chi connectivity index (χ0n) is 14.7. The van der Waals surface area contributed by atoms with E-state index in [2.05, 4.69) is 27.6 Å². The van der Waals surface area contributed by atoms with Crippen molar-refractivity contribution in [2.24, 2.45) is 4.99 Å². The van der Waals surface area contributed by atoms with Gasteiger partial charge >= 0.3 is 0 Å². The number of likely N-dealkylation sites (N-methyl/N-ethyl adjacent to an activating group) is 1. The van der Waals surface area contributed by atoms with Crippen molar-refractivity contribution in [1.82, 2.24) is 10.2 Å². The predicted molar refractivity (Wildman–Crippen MR) is 93.9 cm³/mol. The molecule has 0 atom stereocenters. The molecule has 23 heavy (non-hydrogen) atoms. The second-order valence-electron chi connectivity index (χ2n) is 4.99. The van der Waals surface area contributed by atoms with E-state index >= 15 is 0 Å². The highest BCUT2D eigenvalue weighted by Crippen LogP contribution is 2.29. The number of benzene rings is 1. The Labute approximate surface area is 138 Å². The highest BCUT2D eigenvalue weighted by atomic mass is 16.5. The van der Waals surface area contributed by atoms with Crippen LogP contribution in [0.5, 0.6) is 11.5 Å². The third kappa shape index (κ3) is 6.75. The first kappa shape index (κ1) is 19.1. The number of aliphatic imine (C=N–C) groups is 1. The maximum atomic E-state index is 5.30. The smallest absolute Gasteiger partial charge is 0.195 e. The quantitative estimate of drug-likeness (QED) is 0.527. The minimum Gasteiger partial charge on any atom is -0.493 e. The molecule has 0 unspecified atom stereocenters. The van der Waals surface area contributed by atoms with E-state index in [9.17, 15) is 0 Å².